The van der Waals surface area contributed by atoms with Crippen molar-refractivity contribution < 1.29 is 9.21 Å². The number of carbonyl (C=O) groups is 1. The second-order valence-corrected chi connectivity index (χ2v) is 6.67. The lowest BCUT2D eigenvalue weighted by molar-refractivity contribution is 0.102. The molecule has 0 aliphatic heterocycles. The van der Waals surface area contributed by atoms with E-state index in [1.807, 2.05) is 37.3 Å². The summed E-state index contributed by atoms with van der Waals surface area (Å²) in [6.07, 6.45) is 0. The standard InChI is InChI=1S/C14H10BrN3O2S/c1-8-7-10(21-11(8)15)12(19)16-14-18-17-13(20-14)9-5-3-2-4-6-9/h2-7H,1H3,(H,16,18,19). The molecule has 2 aromatic heterocycles. The molecule has 1 aromatic carbocycles. The molecule has 0 saturated carbocycles. The third-order valence-electron chi connectivity index (χ3n) is 2.75. The fourth-order valence-electron chi connectivity index (χ4n) is 1.70. The maximum absolute atomic E-state index is 12.1. The number of amides is 1. The van der Waals surface area contributed by atoms with Crippen LogP contribution in [0.2, 0.25) is 0 Å². The summed E-state index contributed by atoms with van der Waals surface area (Å²) >= 11 is 4.75. The molecular formula is C14H10BrN3O2S. The third-order valence-corrected chi connectivity index (χ3v) is 4.88. The lowest BCUT2D eigenvalue weighted by Crippen LogP contribution is -2.10. The molecule has 0 aliphatic rings. The van der Waals surface area contributed by atoms with Gasteiger partial charge in [0.25, 0.3) is 5.91 Å². The second kappa shape index (κ2) is 5.79. The van der Waals surface area contributed by atoms with E-state index in [9.17, 15) is 4.79 Å². The smallest absolute Gasteiger partial charge is 0.322 e. The molecule has 0 unspecified atom stereocenters. The van der Waals surface area contributed by atoms with Gasteiger partial charge < -0.3 is 4.42 Å². The summed E-state index contributed by atoms with van der Waals surface area (Å²) in [6.45, 7) is 1.93. The summed E-state index contributed by atoms with van der Waals surface area (Å²) in [5.74, 6) is 0.103. The monoisotopic (exact) mass is 363 g/mol. The van der Waals surface area contributed by atoms with Crippen LogP contribution >= 0.6 is 27.3 Å². The van der Waals surface area contributed by atoms with Gasteiger partial charge in [0.2, 0.25) is 5.89 Å². The van der Waals surface area contributed by atoms with E-state index in [0.29, 0.717) is 10.8 Å². The molecule has 2 heterocycles. The van der Waals surface area contributed by atoms with Gasteiger partial charge in [-0.1, -0.05) is 23.3 Å². The summed E-state index contributed by atoms with van der Waals surface area (Å²) < 4.78 is 6.37. The zero-order chi connectivity index (χ0) is 14.8. The van der Waals surface area contributed by atoms with E-state index in [1.165, 1.54) is 11.3 Å². The molecule has 3 rings (SSSR count). The molecule has 1 N–H and O–H groups in total. The molecule has 0 aliphatic carbocycles. The van der Waals surface area contributed by atoms with Crippen molar-refractivity contribution in [3.63, 3.8) is 0 Å². The Morgan fingerprint density at radius 1 is 1.29 bits per heavy atom. The van der Waals surface area contributed by atoms with Gasteiger partial charge >= 0.3 is 6.01 Å². The number of thiophene rings is 1. The van der Waals surface area contributed by atoms with E-state index >= 15 is 0 Å². The Balaban J connectivity index is 1.77. The van der Waals surface area contributed by atoms with Crippen LogP contribution < -0.4 is 5.32 Å². The van der Waals surface area contributed by atoms with Gasteiger partial charge in [0.05, 0.1) is 8.66 Å². The summed E-state index contributed by atoms with van der Waals surface area (Å²) in [6, 6.07) is 11.3. The van der Waals surface area contributed by atoms with E-state index in [0.717, 1.165) is 14.9 Å². The van der Waals surface area contributed by atoms with Gasteiger partial charge in [-0.3, -0.25) is 10.1 Å². The number of anilines is 1. The fraction of sp³-hybridized carbons (Fsp3) is 0.0714. The molecule has 0 bridgehead atoms. The maximum Gasteiger partial charge on any atom is 0.322 e. The molecular weight excluding hydrogens is 354 g/mol. The number of nitrogens with zero attached hydrogens (tertiary/aromatic N) is 2. The zero-order valence-electron chi connectivity index (χ0n) is 11.0. The van der Waals surface area contributed by atoms with E-state index in [2.05, 4.69) is 31.4 Å². The van der Waals surface area contributed by atoms with Gasteiger partial charge in [0.15, 0.2) is 0 Å². The minimum absolute atomic E-state index is 0.0843. The first-order valence-electron chi connectivity index (χ1n) is 6.09. The largest absolute Gasteiger partial charge is 0.403 e. The van der Waals surface area contributed by atoms with Crippen molar-refractivity contribution in [2.24, 2.45) is 0 Å². The number of aryl methyl sites for hydroxylation is 1. The van der Waals surface area contributed by atoms with Crippen LogP contribution in [0.15, 0.2) is 44.6 Å². The summed E-state index contributed by atoms with van der Waals surface area (Å²) in [4.78, 5) is 12.7. The molecule has 21 heavy (non-hydrogen) atoms. The van der Waals surface area contributed by atoms with E-state index in [4.69, 9.17) is 4.42 Å². The Morgan fingerprint density at radius 3 is 2.71 bits per heavy atom. The molecule has 0 atom stereocenters. The van der Waals surface area contributed by atoms with Crippen LogP contribution in [0, 0.1) is 6.92 Å². The van der Waals surface area contributed by atoms with Crippen molar-refractivity contribution in [1.82, 2.24) is 10.2 Å². The van der Waals surface area contributed by atoms with E-state index in [-0.39, 0.29) is 11.9 Å². The predicted molar refractivity (Wildman–Crippen MR) is 84.4 cm³/mol. The highest BCUT2D eigenvalue weighted by atomic mass is 79.9. The lowest BCUT2D eigenvalue weighted by atomic mass is 10.2. The van der Waals surface area contributed by atoms with E-state index < -0.39 is 0 Å². The normalized spacial score (nSPS) is 10.6. The van der Waals surface area contributed by atoms with Crippen molar-refractivity contribution in [3.05, 3.63) is 50.6 Å². The van der Waals surface area contributed by atoms with Crippen LogP contribution in [0.3, 0.4) is 0 Å². The molecule has 0 radical (unpaired) electrons. The lowest BCUT2D eigenvalue weighted by Gasteiger charge is -1.96. The second-order valence-electron chi connectivity index (χ2n) is 4.30. The Labute approximate surface area is 133 Å². The van der Waals surface area contributed by atoms with Crippen molar-refractivity contribution in [2.75, 3.05) is 5.32 Å². The molecule has 5 nitrogen and oxygen atoms in total. The minimum atomic E-state index is -0.267. The molecule has 0 fully saturated rings. The van der Waals surface area contributed by atoms with Crippen LogP contribution in [-0.4, -0.2) is 16.1 Å². The van der Waals surface area contributed by atoms with Crippen LogP contribution in [0.4, 0.5) is 6.01 Å². The first-order chi connectivity index (χ1) is 10.1. The van der Waals surface area contributed by atoms with Crippen molar-refractivity contribution in [1.29, 1.82) is 0 Å². The molecule has 3 aromatic rings. The average molecular weight is 364 g/mol. The highest BCUT2D eigenvalue weighted by Crippen LogP contribution is 2.28. The number of rotatable bonds is 3. The summed E-state index contributed by atoms with van der Waals surface area (Å²) in [5.41, 5.74) is 1.82. The molecule has 1 amide bonds. The van der Waals surface area contributed by atoms with Crippen LogP contribution in [0.1, 0.15) is 15.2 Å². The highest BCUT2D eigenvalue weighted by molar-refractivity contribution is 9.11. The van der Waals surface area contributed by atoms with Crippen LogP contribution in [0.25, 0.3) is 11.5 Å². The summed E-state index contributed by atoms with van der Waals surface area (Å²) in [5, 5.41) is 10.3. The van der Waals surface area contributed by atoms with Gasteiger partial charge in [-0.25, -0.2) is 0 Å². The number of carbonyl (C=O) groups excluding carboxylic acids is 1. The third kappa shape index (κ3) is 3.03. The number of benzene rings is 1. The molecule has 0 spiro atoms. The molecule has 0 saturated heterocycles. The number of nitrogens with one attached hydrogen (secondary N) is 1. The van der Waals surface area contributed by atoms with Crippen molar-refractivity contribution in [2.45, 2.75) is 6.92 Å². The first-order valence-corrected chi connectivity index (χ1v) is 7.70. The highest BCUT2D eigenvalue weighted by Gasteiger charge is 2.15. The Kier molecular flexibility index (Phi) is 3.85. The number of hydrogen-bond acceptors (Lipinski definition) is 5. The summed E-state index contributed by atoms with van der Waals surface area (Å²) in [7, 11) is 0. The maximum atomic E-state index is 12.1. The number of halogens is 1. The van der Waals surface area contributed by atoms with Crippen LogP contribution in [0.5, 0.6) is 0 Å². The predicted octanol–water partition coefficient (Wildman–Crippen LogP) is 4.12. The van der Waals surface area contributed by atoms with Gasteiger partial charge in [-0.15, -0.1) is 16.4 Å². The van der Waals surface area contributed by atoms with Crippen LogP contribution in [-0.2, 0) is 0 Å². The topological polar surface area (TPSA) is 68.0 Å². The van der Waals surface area contributed by atoms with Gasteiger partial charge in [-0.05, 0) is 46.6 Å². The molecule has 106 valence electrons. The van der Waals surface area contributed by atoms with Crippen molar-refractivity contribution >= 4 is 39.2 Å². The Morgan fingerprint density at radius 2 is 2.05 bits per heavy atom. The SMILES string of the molecule is Cc1cc(C(=O)Nc2nnc(-c3ccccc3)o2)sc1Br. The number of hydrogen-bond donors (Lipinski definition) is 1. The molecule has 7 heteroatoms. The quantitative estimate of drug-likeness (QED) is 0.759. The number of aromatic nitrogens is 2. The van der Waals surface area contributed by atoms with Gasteiger partial charge in [0.1, 0.15) is 0 Å². The zero-order valence-corrected chi connectivity index (χ0v) is 13.4. The first kappa shape index (κ1) is 14.0. The van der Waals surface area contributed by atoms with Gasteiger partial charge in [-0.2, -0.15) is 0 Å². The average Bonchev–Trinajstić information content (AvgIpc) is 3.08. The Bertz CT molecular complexity index is 763. The van der Waals surface area contributed by atoms with Gasteiger partial charge in [0, 0.05) is 5.56 Å². The Hall–Kier alpha value is -1.99. The fourth-order valence-corrected chi connectivity index (χ4v) is 3.13. The van der Waals surface area contributed by atoms with E-state index in [1.54, 1.807) is 6.07 Å². The van der Waals surface area contributed by atoms with Crippen molar-refractivity contribution in [3.8, 4) is 11.5 Å². The minimum Gasteiger partial charge on any atom is -0.403 e.